The molecule has 5 heteroatoms. The van der Waals surface area contributed by atoms with Crippen LogP contribution in [-0.4, -0.2) is 21.5 Å². The summed E-state index contributed by atoms with van der Waals surface area (Å²) in [5.74, 6) is 0.284. The second kappa shape index (κ2) is 6.33. The molecule has 0 radical (unpaired) electrons. The van der Waals surface area contributed by atoms with Crippen LogP contribution in [0.2, 0.25) is 0 Å². The Balaban J connectivity index is 1.51. The number of carbonyl (C=O) groups excluding carboxylic acids is 1. The largest absolute Gasteiger partial charge is 0.349 e. The highest BCUT2D eigenvalue weighted by molar-refractivity contribution is 5.95. The molecule has 0 aliphatic heterocycles. The molecule has 1 fully saturated rings. The Hall–Kier alpha value is -3.08. The highest BCUT2D eigenvalue weighted by atomic mass is 16.2. The smallest absolute Gasteiger partial charge is 0.330 e. The molecule has 5 nitrogen and oxygen atoms in total. The van der Waals surface area contributed by atoms with Gasteiger partial charge in [0, 0.05) is 29.4 Å². The molecule has 0 unspecified atom stereocenters. The second-order valence-corrected chi connectivity index (χ2v) is 6.90. The number of nitrogens with zero attached hydrogens (tertiary/aromatic N) is 1. The van der Waals surface area contributed by atoms with Crippen molar-refractivity contribution in [1.29, 1.82) is 0 Å². The van der Waals surface area contributed by atoms with Crippen molar-refractivity contribution in [2.24, 2.45) is 0 Å². The molecular formula is C21H21N3O2. The minimum absolute atomic E-state index is 0.103. The van der Waals surface area contributed by atoms with Crippen molar-refractivity contribution in [2.75, 3.05) is 0 Å². The Labute approximate surface area is 151 Å². The zero-order valence-corrected chi connectivity index (χ0v) is 14.8. The van der Waals surface area contributed by atoms with E-state index in [0.29, 0.717) is 17.2 Å². The first kappa shape index (κ1) is 16.4. The van der Waals surface area contributed by atoms with Crippen molar-refractivity contribution in [1.82, 2.24) is 14.9 Å². The summed E-state index contributed by atoms with van der Waals surface area (Å²) in [6.45, 7) is 3.95. The summed E-state index contributed by atoms with van der Waals surface area (Å²) in [5.41, 5.74) is 4.41. The molecule has 132 valence electrons. The van der Waals surface area contributed by atoms with Crippen molar-refractivity contribution in [3.63, 3.8) is 0 Å². The number of aromatic nitrogens is 2. The molecule has 1 aromatic heterocycles. The van der Waals surface area contributed by atoms with Gasteiger partial charge in [0.1, 0.15) is 0 Å². The van der Waals surface area contributed by atoms with Gasteiger partial charge in [0.25, 0.3) is 5.91 Å². The molecule has 2 aromatic carbocycles. The molecule has 1 aliphatic carbocycles. The predicted octanol–water partition coefficient (Wildman–Crippen LogP) is 3.07. The average Bonchev–Trinajstić information content (AvgIpc) is 3.31. The van der Waals surface area contributed by atoms with Crippen molar-refractivity contribution in [2.45, 2.75) is 32.2 Å². The number of hydrogen-bond donors (Lipinski definition) is 2. The lowest BCUT2D eigenvalue weighted by Gasteiger charge is -2.09. The van der Waals surface area contributed by atoms with E-state index < -0.39 is 0 Å². The number of H-pyrrole nitrogens is 1. The molecule has 2 atom stereocenters. The summed E-state index contributed by atoms with van der Waals surface area (Å²) in [6, 6.07) is 15.6. The van der Waals surface area contributed by atoms with Gasteiger partial charge in [0.15, 0.2) is 0 Å². The molecular weight excluding hydrogens is 326 g/mol. The summed E-state index contributed by atoms with van der Waals surface area (Å²) >= 11 is 0. The maximum atomic E-state index is 12.6. The third-order valence-electron chi connectivity index (χ3n) is 5.02. The Morgan fingerprint density at radius 2 is 1.96 bits per heavy atom. The van der Waals surface area contributed by atoms with Gasteiger partial charge in [-0.3, -0.25) is 9.36 Å². The molecule has 0 bridgehead atoms. The number of aryl methyl sites for hydroxylation is 2. The van der Waals surface area contributed by atoms with Crippen LogP contribution < -0.4 is 11.0 Å². The van der Waals surface area contributed by atoms with E-state index in [1.807, 2.05) is 25.1 Å². The summed E-state index contributed by atoms with van der Waals surface area (Å²) in [5, 5.41) is 3.11. The molecule has 1 aliphatic rings. The molecule has 2 N–H and O–H groups in total. The highest BCUT2D eigenvalue weighted by Gasteiger charge is 2.40. The molecule has 3 aromatic rings. The van der Waals surface area contributed by atoms with E-state index in [2.05, 4.69) is 29.4 Å². The van der Waals surface area contributed by atoms with Crippen LogP contribution in [0.15, 0.2) is 59.5 Å². The summed E-state index contributed by atoms with van der Waals surface area (Å²) in [7, 11) is 0. The van der Waals surface area contributed by atoms with Crippen LogP contribution >= 0.6 is 0 Å². The van der Waals surface area contributed by atoms with Gasteiger partial charge in [0.05, 0.1) is 5.69 Å². The lowest BCUT2D eigenvalue weighted by molar-refractivity contribution is 0.0950. The molecule has 0 saturated heterocycles. The van der Waals surface area contributed by atoms with Crippen LogP contribution in [0.3, 0.4) is 0 Å². The number of amides is 1. The van der Waals surface area contributed by atoms with Gasteiger partial charge in [-0.1, -0.05) is 30.3 Å². The lowest BCUT2D eigenvalue weighted by atomic mass is 10.0. The Bertz CT molecular complexity index is 1030. The van der Waals surface area contributed by atoms with Crippen LogP contribution in [0.4, 0.5) is 0 Å². The molecule has 1 heterocycles. The second-order valence-electron chi connectivity index (χ2n) is 6.90. The van der Waals surface area contributed by atoms with E-state index in [1.54, 1.807) is 29.0 Å². The third kappa shape index (κ3) is 2.96. The van der Waals surface area contributed by atoms with Crippen molar-refractivity contribution >= 4 is 5.91 Å². The molecule has 0 spiro atoms. The first-order valence-corrected chi connectivity index (χ1v) is 8.78. The quantitative estimate of drug-likeness (QED) is 0.762. The molecule has 1 amide bonds. The maximum absolute atomic E-state index is 12.6. The zero-order chi connectivity index (χ0) is 18.3. The number of carbonyl (C=O) groups is 1. The van der Waals surface area contributed by atoms with Gasteiger partial charge in [-0.05, 0) is 49.6 Å². The SMILES string of the molecule is Cc1ccccc1[C@@H]1C[C@H]1NC(=O)c1cccc(-n2c(C)c[nH]c2=O)c1. The van der Waals surface area contributed by atoms with E-state index in [4.69, 9.17) is 0 Å². The maximum Gasteiger partial charge on any atom is 0.330 e. The molecule has 4 rings (SSSR count). The lowest BCUT2D eigenvalue weighted by Crippen LogP contribution is -2.27. The number of aromatic amines is 1. The molecule has 1 saturated carbocycles. The summed E-state index contributed by atoms with van der Waals surface area (Å²) < 4.78 is 1.56. The normalized spacial score (nSPS) is 18.5. The van der Waals surface area contributed by atoms with Crippen LogP contribution in [0.1, 0.15) is 39.5 Å². The monoisotopic (exact) mass is 347 g/mol. The fourth-order valence-electron chi connectivity index (χ4n) is 3.52. The first-order valence-electron chi connectivity index (χ1n) is 8.78. The van der Waals surface area contributed by atoms with Crippen LogP contribution in [0.5, 0.6) is 0 Å². The van der Waals surface area contributed by atoms with Crippen LogP contribution in [-0.2, 0) is 0 Å². The number of hydrogen-bond acceptors (Lipinski definition) is 2. The Morgan fingerprint density at radius 3 is 2.69 bits per heavy atom. The van der Waals surface area contributed by atoms with E-state index >= 15 is 0 Å². The first-order chi connectivity index (χ1) is 12.5. The van der Waals surface area contributed by atoms with Crippen molar-refractivity contribution in [3.05, 3.63) is 87.6 Å². The van der Waals surface area contributed by atoms with Gasteiger partial charge in [-0.2, -0.15) is 0 Å². The van der Waals surface area contributed by atoms with Gasteiger partial charge in [-0.15, -0.1) is 0 Å². The van der Waals surface area contributed by atoms with Crippen molar-refractivity contribution < 1.29 is 4.79 Å². The highest BCUT2D eigenvalue weighted by Crippen LogP contribution is 2.42. The average molecular weight is 347 g/mol. The number of benzene rings is 2. The van der Waals surface area contributed by atoms with Gasteiger partial charge in [-0.25, -0.2) is 4.79 Å². The minimum atomic E-state index is -0.207. The van der Waals surface area contributed by atoms with Gasteiger partial charge < -0.3 is 10.3 Å². The number of nitrogens with one attached hydrogen (secondary N) is 2. The minimum Gasteiger partial charge on any atom is -0.349 e. The van der Waals surface area contributed by atoms with E-state index in [1.165, 1.54) is 11.1 Å². The Kier molecular flexibility index (Phi) is 3.99. The van der Waals surface area contributed by atoms with E-state index in [-0.39, 0.29) is 17.6 Å². The third-order valence-corrected chi connectivity index (χ3v) is 5.02. The summed E-state index contributed by atoms with van der Waals surface area (Å²) in [4.78, 5) is 27.3. The fraction of sp³-hybridized carbons (Fsp3) is 0.238. The van der Waals surface area contributed by atoms with Gasteiger partial charge in [0.2, 0.25) is 0 Å². The number of rotatable bonds is 4. The Morgan fingerprint density at radius 1 is 1.15 bits per heavy atom. The van der Waals surface area contributed by atoms with Crippen LogP contribution in [0, 0.1) is 13.8 Å². The molecule has 26 heavy (non-hydrogen) atoms. The van der Waals surface area contributed by atoms with Crippen LogP contribution in [0.25, 0.3) is 5.69 Å². The summed E-state index contributed by atoms with van der Waals surface area (Å²) in [6.07, 6.45) is 2.62. The standard InChI is InChI=1S/C21H21N3O2/c1-13-6-3-4-9-17(13)18-11-19(18)23-20(25)15-7-5-8-16(10-15)24-14(2)12-22-21(24)26/h3-10,12,18-19H,11H2,1-2H3,(H,22,26)(H,23,25)/t18-,19+/m0/s1. The number of imidazole rings is 1. The van der Waals surface area contributed by atoms with E-state index in [9.17, 15) is 9.59 Å². The van der Waals surface area contributed by atoms with E-state index in [0.717, 1.165) is 12.1 Å². The fourth-order valence-corrected chi connectivity index (χ4v) is 3.52. The van der Waals surface area contributed by atoms with Crippen molar-refractivity contribution in [3.8, 4) is 5.69 Å². The van der Waals surface area contributed by atoms with Gasteiger partial charge >= 0.3 is 5.69 Å². The topological polar surface area (TPSA) is 66.9 Å². The predicted molar refractivity (Wildman–Crippen MR) is 101 cm³/mol. The zero-order valence-electron chi connectivity index (χ0n) is 14.8.